The van der Waals surface area contributed by atoms with Crippen molar-refractivity contribution in [2.24, 2.45) is 5.92 Å². The summed E-state index contributed by atoms with van der Waals surface area (Å²) < 4.78 is 64.8. The molecule has 0 aliphatic carbocycles. The number of carbonyl (C=O) groups is 1. The molecule has 0 heterocycles. The van der Waals surface area contributed by atoms with E-state index in [0.717, 1.165) is 6.07 Å². The molecule has 0 spiro atoms. The van der Waals surface area contributed by atoms with Crippen molar-refractivity contribution in [3.8, 4) is 0 Å². The van der Waals surface area contributed by atoms with Gasteiger partial charge in [0.1, 0.15) is 6.04 Å². The maximum absolute atomic E-state index is 12.9. The summed E-state index contributed by atoms with van der Waals surface area (Å²) in [5.74, 6) is -2.14. The molecular formula is C12H13ClF3NO4S. The fourth-order valence-corrected chi connectivity index (χ4v) is 3.38. The van der Waals surface area contributed by atoms with Crippen LogP contribution in [0.3, 0.4) is 0 Å². The Kier molecular flexibility index (Phi) is 5.47. The van der Waals surface area contributed by atoms with Gasteiger partial charge in [0, 0.05) is 5.02 Å². The van der Waals surface area contributed by atoms with Crippen LogP contribution in [-0.2, 0) is 21.0 Å². The lowest BCUT2D eigenvalue weighted by molar-refractivity contribution is -0.140. The smallest absolute Gasteiger partial charge is 0.417 e. The molecule has 1 rings (SSSR count). The number of alkyl halides is 3. The van der Waals surface area contributed by atoms with Crippen molar-refractivity contribution in [1.29, 1.82) is 0 Å². The van der Waals surface area contributed by atoms with E-state index in [2.05, 4.69) is 0 Å². The maximum Gasteiger partial charge on any atom is 0.417 e. The molecule has 0 saturated heterocycles. The Morgan fingerprint density at radius 3 is 2.27 bits per heavy atom. The second-order valence-corrected chi connectivity index (χ2v) is 6.94. The molecule has 1 aromatic rings. The lowest BCUT2D eigenvalue weighted by Gasteiger charge is -2.20. The van der Waals surface area contributed by atoms with E-state index in [-0.39, 0.29) is 5.02 Å². The van der Waals surface area contributed by atoms with E-state index >= 15 is 0 Å². The number of rotatable bonds is 5. The summed E-state index contributed by atoms with van der Waals surface area (Å²) in [7, 11) is -4.69. The first-order valence-electron chi connectivity index (χ1n) is 5.98. The minimum Gasteiger partial charge on any atom is -0.480 e. The van der Waals surface area contributed by atoms with E-state index < -0.39 is 44.6 Å². The highest BCUT2D eigenvalue weighted by Crippen LogP contribution is 2.35. The zero-order valence-corrected chi connectivity index (χ0v) is 13.1. The molecule has 0 radical (unpaired) electrons. The normalized spacial score (nSPS) is 14.1. The first kappa shape index (κ1) is 18.7. The molecule has 0 bridgehead atoms. The number of halogens is 4. The van der Waals surface area contributed by atoms with Crippen LogP contribution in [0, 0.1) is 5.92 Å². The Morgan fingerprint density at radius 2 is 1.86 bits per heavy atom. The van der Waals surface area contributed by atoms with Crippen LogP contribution in [0.2, 0.25) is 5.02 Å². The van der Waals surface area contributed by atoms with Crippen LogP contribution in [0.25, 0.3) is 0 Å². The van der Waals surface area contributed by atoms with Gasteiger partial charge in [-0.15, -0.1) is 0 Å². The molecule has 0 aliphatic rings. The molecule has 0 aliphatic heterocycles. The van der Waals surface area contributed by atoms with E-state index in [1.807, 2.05) is 0 Å². The van der Waals surface area contributed by atoms with Crippen molar-refractivity contribution in [3.05, 3.63) is 28.8 Å². The van der Waals surface area contributed by atoms with Crippen LogP contribution < -0.4 is 4.72 Å². The Morgan fingerprint density at radius 1 is 1.32 bits per heavy atom. The number of hydrogen-bond donors (Lipinski definition) is 2. The van der Waals surface area contributed by atoms with Crippen LogP contribution >= 0.6 is 11.6 Å². The summed E-state index contributed by atoms with van der Waals surface area (Å²) in [5.41, 5.74) is -1.46. The van der Waals surface area contributed by atoms with Crippen molar-refractivity contribution in [2.75, 3.05) is 0 Å². The first-order valence-corrected chi connectivity index (χ1v) is 7.84. The largest absolute Gasteiger partial charge is 0.480 e. The average molecular weight is 360 g/mol. The van der Waals surface area contributed by atoms with E-state index in [0.29, 0.717) is 12.1 Å². The van der Waals surface area contributed by atoms with Crippen molar-refractivity contribution < 1.29 is 31.5 Å². The summed E-state index contributed by atoms with van der Waals surface area (Å²) in [6.07, 6.45) is -4.95. The molecule has 1 atom stereocenters. The summed E-state index contributed by atoms with van der Waals surface area (Å²) in [6, 6.07) is 0.589. The van der Waals surface area contributed by atoms with Gasteiger partial charge in [0.15, 0.2) is 0 Å². The molecule has 0 aromatic heterocycles. The Bertz CT molecular complexity index is 673. The molecule has 0 saturated carbocycles. The quantitative estimate of drug-likeness (QED) is 0.846. The van der Waals surface area contributed by atoms with Crippen LogP contribution in [0.5, 0.6) is 0 Å². The Balaban J connectivity index is 3.38. The predicted molar refractivity (Wildman–Crippen MR) is 73.0 cm³/mol. The molecule has 0 fully saturated rings. The average Bonchev–Trinajstić information content (AvgIpc) is 2.34. The van der Waals surface area contributed by atoms with Gasteiger partial charge in [0.2, 0.25) is 10.0 Å². The minimum atomic E-state index is -4.95. The second-order valence-electron chi connectivity index (χ2n) is 4.82. The highest BCUT2D eigenvalue weighted by atomic mass is 35.5. The van der Waals surface area contributed by atoms with Crippen molar-refractivity contribution in [3.63, 3.8) is 0 Å². The van der Waals surface area contributed by atoms with Gasteiger partial charge >= 0.3 is 12.1 Å². The summed E-state index contributed by atoms with van der Waals surface area (Å²) >= 11 is 5.47. The molecule has 10 heteroatoms. The van der Waals surface area contributed by atoms with Crippen LogP contribution in [0.15, 0.2) is 23.1 Å². The lowest BCUT2D eigenvalue weighted by Crippen LogP contribution is -2.44. The maximum atomic E-state index is 12.9. The van der Waals surface area contributed by atoms with Crippen molar-refractivity contribution >= 4 is 27.6 Å². The molecule has 22 heavy (non-hydrogen) atoms. The molecule has 124 valence electrons. The van der Waals surface area contributed by atoms with Crippen molar-refractivity contribution in [2.45, 2.75) is 31.0 Å². The molecule has 5 nitrogen and oxygen atoms in total. The van der Waals surface area contributed by atoms with Crippen molar-refractivity contribution in [1.82, 2.24) is 4.72 Å². The third-order valence-corrected chi connectivity index (χ3v) is 4.49. The Labute approximate surface area is 130 Å². The number of aliphatic carboxylic acids is 1. The topological polar surface area (TPSA) is 83.5 Å². The Hall–Kier alpha value is -1.32. The summed E-state index contributed by atoms with van der Waals surface area (Å²) in [5, 5.41) is 8.67. The lowest BCUT2D eigenvalue weighted by atomic mass is 10.1. The van der Waals surface area contributed by atoms with Crippen LogP contribution in [-0.4, -0.2) is 25.5 Å². The molecular weight excluding hydrogens is 347 g/mol. The van der Waals surface area contributed by atoms with Crippen LogP contribution in [0.1, 0.15) is 19.4 Å². The number of hydrogen-bond acceptors (Lipinski definition) is 3. The van der Waals surface area contributed by atoms with E-state index in [9.17, 15) is 26.4 Å². The third kappa shape index (κ3) is 4.34. The predicted octanol–water partition coefficient (Wildman–Crippen LogP) is 2.75. The van der Waals surface area contributed by atoms with Crippen LogP contribution in [0.4, 0.5) is 13.2 Å². The minimum absolute atomic E-state index is 0.287. The monoisotopic (exact) mass is 359 g/mol. The van der Waals surface area contributed by atoms with Gasteiger partial charge in [-0.05, 0) is 24.1 Å². The third-order valence-electron chi connectivity index (χ3n) is 2.75. The van der Waals surface area contributed by atoms with Gasteiger partial charge in [0.05, 0.1) is 10.5 Å². The molecule has 1 aromatic carbocycles. The number of carboxylic acid groups (broad SMARTS) is 1. The number of sulfonamides is 1. The van der Waals surface area contributed by atoms with E-state index in [1.165, 1.54) is 13.8 Å². The zero-order valence-electron chi connectivity index (χ0n) is 11.5. The van der Waals surface area contributed by atoms with Gasteiger partial charge in [-0.25, -0.2) is 8.42 Å². The standard InChI is InChI=1S/C12H13ClF3NO4S/c1-6(2)10(11(18)19)17-22(20,21)9-4-3-7(13)5-8(9)12(14,15)16/h3-6,10,17H,1-2H3,(H,18,19). The van der Waals surface area contributed by atoms with Gasteiger partial charge in [-0.1, -0.05) is 25.4 Å². The van der Waals surface area contributed by atoms with E-state index in [4.69, 9.17) is 16.7 Å². The van der Waals surface area contributed by atoms with Gasteiger partial charge in [0.25, 0.3) is 0 Å². The molecule has 2 N–H and O–H groups in total. The molecule has 0 amide bonds. The molecule has 1 unspecified atom stereocenters. The number of nitrogens with one attached hydrogen (secondary N) is 1. The first-order chi connectivity index (χ1) is 9.86. The number of carboxylic acids is 1. The van der Waals surface area contributed by atoms with Gasteiger partial charge < -0.3 is 5.11 Å². The van der Waals surface area contributed by atoms with Gasteiger partial charge in [-0.2, -0.15) is 17.9 Å². The fraction of sp³-hybridized carbons (Fsp3) is 0.417. The zero-order chi connectivity index (χ0) is 17.3. The van der Waals surface area contributed by atoms with E-state index in [1.54, 1.807) is 4.72 Å². The fourth-order valence-electron chi connectivity index (χ4n) is 1.66. The highest BCUT2D eigenvalue weighted by molar-refractivity contribution is 7.89. The second kappa shape index (κ2) is 6.43. The highest BCUT2D eigenvalue weighted by Gasteiger charge is 2.39. The summed E-state index contributed by atoms with van der Waals surface area (Å²) in [6.45, 7) is 2.85. The SMILES string of the molecule is CC(C)C(NS(=O)(=O)c1ccc(Cl)cc1C(F)(F)F)C(=O)O. The van der Waals surface area contributed by atoms with Gasteiger partial charge in [-0.3, -0.25) is 4.79 Å². The summed E-state index contributed by atoms with van der Waals surface area (Å²) in [4.78, 5) is 9.94. The number of benzene rings is 1.